The highest BCUT2D eigenvalue weighted by Gasteiger charge is 2.32. The van der Waals surface area contributed by atoms with Crippen molar-refractivity contribution in [2.75, 3.05) is 23.8 Å². The number of hydrogen-bond acceptors (Lipinski definition) is 9. The molecule has 13 heteroatoms. The molecule has 0 fully saturated rings. The van der Waals surface area contributed by atoms with Gasteiger partial charge in [0.05, 0.1) is 13.2 Å². The van der Waals surface area contributed by atoms with E-state index in [0.29, 0.717) is 22.9 Å². The molecule has 4 aromatic carbocycles. The maximum Gasteiger partial charge on any atom is 0.342 e. The lowest BCUT2D eigenvalue weighted by atomic mass is 10.1. The maximum absolute atomic E-state index is 13.7. The molecule has 0 bridgehead atoms. The lowest BCUT2D eigenvalue weighted by Crippen LogP contribution is -2.20. The average molecular weight is 835 g/mol. The first-order valence-corrected chi connectivity index (χ1v) is 18.2. The van der Waals surface area contributed by atoms with Crippen molar-refractivity contribution in [2.45, 2.75) is 27.7 Å². The molecule has 5 rings (SSSR count). The standard InChI is InChI=1S/C38H34Br2N4O6S/c1-5-47-35(45)31-32(36(46)48-6-2)34(44-38(42-28-17-9-24(4)10-18-28)50-30-21-13-26(40)14-22-30)51-33(31)43-37(41-27-15-7-23(3)8-16-27)49-29-19-11-25(39)12-20-29/h7-22H,5-6H2,1-4H3,(H,41,43)(H,42,44). The first-order chi connectivity index (χ1) is 24.6. The lowest BCUT2D eigenvalue weighted by Gasteiger charge is -2.12. The second-order valence-corrected chi connectivity index (χ2v) is 13.6. The number of anilines is 2. The number of amidine groups is 2. The van der Waals surface area contributed by atoms with Crippen LogP contribution in [0.2, 0.25) is 0 Å². The van der Waals surface area contributed by atoms with Gasteiger partial charge in [0.15, 0.2) is 0 Å². The van der Waals surface area contributed by atoms with Crippen LogP contribution in [-0.2, 0) is 9.47 Å². The predicted octanol–water partition coefficient (Wildman–Crippen LogP) is 10.6. The van der Waals surface area contributed by atoms with Gasteiger partial charge in [-0.1, -0.05) is 78.6 Å². The molecule has 0 spiro atoms. The molecule has 0 aliphatic heterocycles. The number of carbonyl (C=O) groups excluding carboxylic acids is 2. The number of nitrogens with zero attached hydrogens (tertiary/aromatic N) is 2. The largest absolute Gasteiger partial charge is 0.462 e. The Balaban J connectivity index is 1.70. The van der Waals surface area contributed by atoms with E-state index in [0.717, 1.165) is 31.4 Å². The third-order valence-electron chi connectivity index (χ3n) is 6.90. The van der Waals surface area contributed by atoms with Gasteiger partial charge in [0.2, 0.25) is 0 Å². The summed E-state index contributed by atoms with van der Waals surface area (Å²) in [7, 11) is 0. The molecule has 0 atom stereocenters. The molecule has 51 heavy (non-hydrogen) atoms. The van der Waals surface area contributed by atoms with Crippen LogP contribution in [0.25, 0.3) is 0 Å². The molecule has 262 valence electrons. The highest BCUT2D eigenvalue weighted by atomic mass is 79.9. The Hall–Kier alpha value is -4.98. The monoisotopic (exact) mass is 832 g/mol. The van der Waals surface area contributed by atoms with Gasteiger partial charge in [-0.3, -0.25) is 0 Å². The number of aryl methyl sites for hydroxylation is 2. The van der Waals surface area contributed by atoms with Gasteiger partial charge in [0.1, 0.15) is 32.6 Å². The third kappa shape index (κ3) is 10.5. The molecule has 0 radical (unpaired) electrons. The molecule has 0 saturated heterocycles. The summed E-state index contributed by atoms with van der Waals surface area (Å²) < 4.78 is 25.0. The van der Waals surface area contributed by atoms with Gasteiger partial charge in [-0.2, -0.15) is 9.98 Å². The molecule has 10 nitrogen and oxygen atoms in total. The number of nitrogens with one attached hydrogen (secondary N) is 2. The van der Waals surface area contributed by atoms with Crippen LogP contribution in [0.1, 0.15) is 45.7 Å². The second kappa shape index (κ2) is 17.8. The number of thiophene rings is 1. The van der Waals surface area contributed by atoms with Crippen molar-refractivity contribution in [3.8, 4) is 11.5 Å². The van der Waals surface area contributed by atoms with Crippen molar-refractivity contribution < 1.29 is 28.5 Å². The predicted molar refractivity (Wildman–Crippen MR) is 210 cm³/mol. The number of aliphatic imine (C=N–C) groups is 2. The number of esters is 2. The van der Waals surface area contributed by atoms with Crippen LogP contribution in [0, 0.1) is 13.8 Å². The lowest BCUT2D eigenvalue weighted by molar-refractivity contribution is 0.0481. The van der Waals surface area contributed by atoms with Crippen molar-refractivity contribution >= 4 is 88.6 Å². The summed E-state index contributed by atoms with van der Waals surface area (Å²) in [5.74, 6) is -0.612. The molecule has 5 aromatic rings. The Kier molecular flexibility index (Phi) is 13.0. The normalized spacial score (nSPS) is 11.5. The van der Waals surface area contributed by atoms with Crippen molar-refractivity contribution in [3.63, 3.8) is 0 Å². The number of carbonyl (C=O) groups is 2. The number of benzene rings is 4. The van der Waals surface area contributed by atoms with E-state index in [9.17, 15) is 9.59 Å². The van der Waals surface area contributed by atoms with Gasteiger partial charge in [-0.05, 0) is 100 Å². The third-order valence-corrected chi connectivity index (χ3v) is 8.93. The van der Waals surface area contributed by atoms with Crippen LogP contribution in [0.5, 0.6) is 11.5 Å². The van der Waals surface area contributed by atoms with Crippen LogP contribution < -0.4 is 20.1 Å². The summed E-state index contributed by atoms with van der Waals surface area (Å²) in [6, 6.07) is 29.7. The summed E-state index contributed by atoms with van der Waals surface area (Å²) in [6.07, 6.45) is 0. The van der Waals surface area contributed by atoms with Gasteiger partial charge in [0.25, 0.3) is 0 Å². The smallest absolute Gasteiger partial charge is 0.342 e. The van der Waals surface area contributed by atoms with Crippen LogP contribution >= 0.6 is 43.2 Å². The molecule has 0 saturated carbocycles. The molecular weight excluding hydrogens is 800 g/mol. The molecule has 1 heterocycles. The minimum atomic E-state index is -0.780. The molecule has 0 unspecified atom stereocenters. The maximum atomic E-state index is 13.7. The average Bonchev–Trinajstić information content (AvgIpc) is 3.46. The number of rotatable bonds is 10. The van der Waals surface area contributed by atoms with E-state index in [1.54, 1.807) is 38.1 Å². The summed E-state index contributed by atoms with van der Waals surface area (Å²) in [4.78, 5) is 36.8. The van der Waals surface area contributed by atoms with Gasteiger partial charge in [0, 0.05) is 20.3 Å². The fourth-order valence-corrected chi connectivity index (χ4v) is 5.98. The molecule has 2 N–H and O–H groups in total. The first kappa shape index (κ1) is 37.3. The molecule has 0 amide bonds. The van der Waals surface area contributed by atoms with Crippen LogP contribution in [0.15, 0.2) is 116 Å². The Morgan fingerprint density at radius 1 is 0.588 bits per heavy atom. The highest BCUT2D eigenvalue weighted by molar-refractivity contribution is 9.10. The number of hydrogen-bond donors (Lipinski definition) is 2. The summed E-state index contributed by atoms with van der Waals surface area (Å²) in [5.41, 5.74) is 3.25. The van der Waals surface area contributed by atoms with E-state index in [-0.39, 0.29) is 46.4 Å². The van der Waals surface area contributed by atoms with Crippen molar-refractivity contribution in [1.82, 2.24) is 0 Å². The zero-order valence-corrected chi connectivity index (χ0v) is 32.1. The minimum Gasteiger partial charge on any atom is -0.462 e. The van der Waals surface area contributed by atoms with Crippen LogP contribution in [0.4, 0.5) is 21.4 Å². The SMILES string of the molecule is CCOC(=O)c1c(/N=C(/Nc2ccc(C)cc2)Oc2ccc(Br)cc2)sc(/N=C(\Nc2ccc(C)cc2)Oc2ccc(Br)cc2)c1C(=O)OCC. The van der Waals surface area contributed by atoms with Gasteiger partial charge < -0.3 is 29.6 Å². The van der Waals surface area contributed by atoms with E-state index >= 15 is 0 Å². The van der Waals surface area contributed by atoms with Crippen LogP contribution in [0.3, 0.4) is 0 Å². The Morgan fingerprint density at radius 2 is 0.941 bits per heavy atom. The first-order valence-electron chi connectivity index (χ1n) is 15.8. The molecule has 0 aliphatic rings. The molecule has 1 aromatic heterocycles. The molecule has 0 aliphatic carbocycles. The van der Waals surface area contributed by atoms with Gasteiger partial charge >= 0.3 is 24.0 Å². The second-order valence-electron chi connectivity index (χ2n) is 10.8. The Bertz CT molecular complexity index is 1790. The minimum absolute atomic E-state index is 0.0306. The zero-order chi connectivity index (χ0) is 36.3. The Labute approximate surface area is 316 Å². The fraction of sp³-hybridized carbons (Fsp3) is 0.158. The van der Waals surface area contributed by atoms with Gasteiger partial charge in [-0.15, -0.1) is 0 Å². The van der Waals surface area contributed by atoms with Crippen molar-refractivity contribution in [3.05, 3.63) is 128 Å². The van der Waals surface area contributed by atoms with E-state index in [1.807, 2.05) is 86.6 Å². The topological polar surface area (TPSA) is 120 Å². The van der Waals surface area contributed by atoms with Gasteiger partial charge in [-0.25, -0.2) is 9.59 Å². The van der Waals surface area contributed by atoms with Crippen molar-refractivity contribution in [1.29, 1.82) is 0 Å². The zero-order valence-electron chi connectivity index (χ0n) is 28.2. The molecular formula is C38H34Br2N4O6S. The Morgan fingerprint density at radius 3 is 1.27 bits per heavy atom. The van der Waals surface area contributed by atoms with Crippen molar-refractivity contribution in [2.24, 2.45) is 9.98 Å². The van der Waals surface area contributed by atoms with Crippen LogP contribution in [-0.4, -0.2) is 37.2 Å². The van der Waals surface area contributed by atoms with E-state index in [4.69, 9.17) is 28.9 Å². The van der Waals surface area contributed by atoms with E-state index in [1.165, 1.54) is 0 Å². The highest BCUT2D eigenvalue weighted by Crippen LogP contribution is 2.43. The summed E-state index contributed by atoms with van der Waals surface area (Å²) >= 11 is 7.86. The quantitative estimate of drug-likeness (QED) is 0.0811. The summed E-state index contributed by atoms with van der Waals surface area (Å²) in [5, 5.41) is 6.58. The fourth-order valence-electron chi connectivity index (χ4n) is 4.44. The number of ether oxygens (including phenoxy) is 4. The number of halogens is 2. The summed E-state index contributed by atoms with van der Waals surface area (Å²) in [6.45, 7) is 7.41. The van der Waals surface area contributed by atoms with E-state index < -0.39 is 11.9 Å². The van der Waals surface area contributed by atoms with E-state index in [2.05, 4.69) is 42.5 Å².